The molecule has 5 heteroatoms. The lowest BCUT2D eigenvalue weighted by molar-refractivity contribution is -0.120. The first kappa shape index (κ1) is 16.1. The van der Waals surface area contributed by atoms with E-state index >= 15 is 0 Å². The summed E-state index contributed by atoms with van der Waals surface area (Å²) >= 11 is 0. The van der Waals surface area contributed by atoms with E-state index in [1.54, 1.807) is 12.1 Å². The van der Waals surface area contributed by atoms with E-state index in [1.807, 2.05) is 24.0 Å². The number of amides is 2. The highest BCUT2D eigenvalue weighted by Gasteiger charge is 2.31. The van der Waals surface area contributed by atoms with Gasteiger partial charge in [-0.2, -0.15) is 0 Å². The lowest BCUT2D eigenvalue weighted by atomic mass is 10.1. The van der Waals surface area contributed by atoms with Gasteiger partial charge in [-0.3, -0.25) is 9.59 Å². The van der Waals surface area contributed by atoms with Crippen LogP contribution in [0.25, 0.3) is 5.57 Å². The number of allylic oxidation sites excluding steroid dienone is 1. The van der Waals surface area contributed by atoms with E-state index in [2.05, 4.69) is 13.8 Å². The normalized spacial score (nSPS) is 15.5. The third kappa shape index (κ3) is 3.30. The average Bonchev–Trinajstić information content (AvgIpc) is 2.73. The van der Waals surface area contributed by atoms with Crippen molar-refractivity contribution in [3.05, 3.63) is 29.8 Å². The molecule has 1 heterocycles. The van der Waals surface area contributed by atoms with Gasteiger partial charge < -0.3 is 15.4 Å². The summed E-state index contributed by atoms with van der Waals surface area (Å²) in [5.41, 5.74) is 7.49. The SMILES string of the molecule is C/C=C1/C(=O)N(CCC(C)C)c2ccc(OCC(N)=O)cc21. The average molecular weight is 302 g/mol. The molecule has 1 aromatic rings. The molecule has 0 aromatic heterocycles. The van der Waals surface area contributed by atoms with Gasteiger partial charge in [0.15, 0.2) is 6.61 Å². The minimum Gasteiger partial charge on any atom is -0.484 e. The second kappa shape index (κ2) is 6.64. The molecule has 0 saturated heterocycles. The molecule has 118 valence electrons. The Hall–Kier alpha value is -2.30. The largest absolute Gasteiger partial charge is 0.484 e. The molecule has 0 spiro atoms. The first-order chi connectivity index (χ1) is 10.4. The van der Waals surface area contributed by atoms with Crippen molar-refractivity contribution < 1.29 is 14.3 Å². The van der Waals surface area contributed by atoms with Crippen LogP contribution >= 0.6 is 0 Å². The van der Waals surface area contributed by atoms with E-state index in [0.29, 0.717) is 23.8 Å². The highest BCUT2D eigenvalue weighted by Crippen LogP contribution is 2.39. The number of anilines is 1. The zero-order chi connectivity index (χ0) is 16.3. The summed E-state index contributed by atoms with van der Waals surface area (Å²) in [5, 5.41) is 0. The van der Waals surface area contributed by atoms with E-state index in [1.165, 1.54) is 0 Å². The molecular formula is C17H22N2O3. The Morgan fingerprint density at radius 1 is 1.41 bits per heavy atom. The maximum absolute atomic E-state index is 12.5. The smallest absolute Gasteiger partial charge is 0.258 e. The summed E-state index contributed by atoms with van der Waals surface area (Å²) in [6.45, 7) is 6.65. The zero-order valence-corrected chi connectivity index (χ0v) is 13.3. The molecule has 0 fully saturated rings. The van der Waals surface area contributed by atoms with Gasteiger partial charge in [0.25, 0.3) is 11.8 Å². The fourth-order valence-corrected chi connectivity index (χ4v) is 2.47. The topological polar surface area (TPSA) is 72.6 Å². The summed E-state index contributed by atoms with van der Waals surface area (Å²) < 4.78 is 5.32. The summed E-state index contributed by atoms with van der Waals surface area (Å²) in [6, 6.07) is 5.41. The van der Waals surface area contributed by atoms with Gasteiger partial charge in [0.2, 0.25) is 0 Å². The van der Waals surface area contributed by atoms with Crippen LogP contribution in [0.15, 0.2) is 24.3 Å². The fourth-order valence-electron chi connectivity index (χ4n) is 2.47. The Morgan fingerprint density at radius 3 is 2.73 bits per heavy atom. The molecule has 1 aliphatic rings. The Balaban J connectivity index is 2.29. The molecule has 2 amide bonds. The Bertz CT molecular complexity index is 620. The molecule has 22 heavy (non-hydrogen) atoms. The van der Waals surface area contributed by atoms with Crippen LogP contribution in [-0.2, 0) is 9.59 Å². The molecular weight excluding hydrogens is 280 g/mol. The molecule has 5 nitrogen and oxygen atoms in total. The molecule has 1 aromatic carbocycles. The number of carbonyl (C=O) groups excluding carboxylic acids is 2. The number of fused-ring (bicyclic) bond motifs is 1. The number of ether oxygens (including phenoxy) is 1. The molecule has 0 aliphatic carbocycles. The van der Waals surface area contributed by atoms with Gasteiger partial charge >= 0.3 is 0 Å². The Kier molecular flexibility index (Phi) is 4.85. The molecule has 0 radical (unpaired) electrons. The summed E-state index contributed by atoms with van der Waals surface area (Å²) in [4.78, 5) is 25.1. The van der Waals surface area contributed by atoms with Crippen LogP contribution in [0, 0.1) is 5.92 Å². The second-order valence-corrected chi connectivity index (χ2v) is 5.78. The number of nitrogens with two attached hydrogens (primary N) is 1. The van der Waals surface area contributed by atoms with Crippen LogP contribution in [0.4, 0.5) is 5.69 Å². The molecule has 2 rings (SSSR count). The lowest BCUT2D eigenvalue weighted by Crippen LogP contribution is -2.28. The van der Waals surface area contributed by atoms with Crippen molar-refractivity contribution in [3.8, 4) is 5.75 Å². The third-order valence-electron chi connectivity index (χ3n) is 3.62. The van der Waals surface area contributed by atoms with E-state index in [0.717, 1.165) is 17.7 Å². The number of benzene rings is 1. The van der Waals surface area contributed by atoms with Crippen molar-refractivity contribution >= 4 is 23.1 Å². The minimum absolute atomic E-state index is 0.0187. The number of primary amides is 1. The minimum atomic E-state index is -0.526. The van der Waals surface area contributed by atoms with E-state index in [-0.39, 0.29) is 12.5 Å². The zero-order valence-electron chi connectivity index (χ0n) is 13.3. The van der Waals surface area contributed by atoms with Gasteiger partial charge in [0.1, 0.15) is 5.75 Å². The van der Waals surface area contributed by atoms with Crippen molar-refractivity contribution in [3.63, 3.8) is 0 Å². The fraction of sp³-hybridized carbons (Fsp3) is 0.412. The summed E-state index contributed by atoms with van der Waals surface area (Å²) in [7, 11) is 0. The summed E-state index contributed by atoms with van der Waals surface area (Å²) in [5.74, 6) is 0.561. The van der Waals surface area contributed by atoms with Crippen LogP contribution in [-0.4, -0.2) is 25.0 Å². The van der Waals surface area contributed by atoms with Gasteiger partial charge in [0, 0.05) is 17.7 Å². The highest BCUT2D eigenvalue weighted by molar-refractivity contribution is 6.32. The molecule has 2 N–H and O–H groups in total. The van der Waals surface area contributed by atoms with Crippen molar-refractivity contribution in [2.75, 3.05) is 18.1 Å². The monoisotopic (exact) mass is 302 g/mol. The predicted octanol–water partition coefficient (Wildman–Crippen LogP) is 2.35. The van der Waals surface area contributed by atoms with Gasteiger partial charge in [-0.05, 0) is 37.5 Å². The van der Waals surface area contributed by atoms with E-state index < -0.39 is 5.91 Å². The Labute approximate surface area is 130 Å². The third-order valence-corrected chi connectivity index (χ3v) is 3.62. The number of nitrogens with zero attached hydrogens (tertiary/aromatic N) is 1. The van der Waals surface area contributed by atoms with Crippen LogP contribution in [0.2, 0.25) is 0 Å². The van der Waals surface area contributed by atoms with Crippen LogP contribution < -0.4 is 15.4 Å². The molecule has 0 saturated carbocycles. The number of hydrogen-bond acceptors (Lipinski definition) is 3. The maximum atomic E-state index is 12.5. The van der Waals surface area contributed by atoms with E-state index in [9.17, 15) is 9.59 Å². The number of hydrogen-bond donors (Lipinski definition) is 1. The van der Waals surface area contributed by atoms with Crippen LogP contribution in [0.5, 0.6) is 5.75 Å². The van der Waals surface area contributed by atoms with Crippen molar-refractivity contribution in [1.29, 1.82) is 0 Å². The van der Waals surface area contributed by atoms with Gasteiger partial charge in [-0.1, -0.05) is 19.9 Å². The van der Waals surface area contributed by atoms with Crippen molar-refractivity contribution in [2.24, 2.45) is 11.7 Å². The molecule has 0 atom stereocenters. The van der Waals surface area contributed by atoms with Gasteiger partial charge in [-0.25, -0.2) is 0 Å². The first-order valence-electron chi connectivity index (χ1n) is 7.47. The van der Waals surface area contributed by atoms with Crippen molar-refractivity contribution in [1.82, 2.24) is 0 Å². The van der Waals surface area contributed by atoms with E-state index in [4.69, 9.17) is 10.5 Å². The molecule has 0 unspecified atom stereocenters. The van der Waals surface area contributed by atoms with Gasteiger partial charge in [0.05, 0.1) is 5.69 Å². The number of rotatable bonds is 6. The van der Waals surface area contributed by atoms with Crippen molar-refractivity contribution in [2.45, 2.75) is 27.2 Å². The quantitative estimate of drug-likeness (QED) is 0.820. The Morgan fingerprint density at radius 2 is 2.14 bits per heavy atom. The lowest BCUT2D eigenvalue weighted by Gasteiger charge is -2.18. The molecule has 1 aliphatic heterocycles. The highest BCUT2D eigenvalue weighted by atomic mass is 16.5. The van der Waals surface area contributed by atoms with Crippen LogP contribution in [0.3, 0.4) is 0 Å². The molecule has 0 bridgehead atoms. The maximum Gasteiger partial charge on any atom is 0.258 e. The first-order valence-corrected chi connectivity index (χ1v) is 7.47. The summed E-state index contributed by atoms with van der Waals surface area (Å²) in [6.07, 6.45) is 2.76. The predicted molar refractivity (Wildman–Crippen MR) is 86.6 cm³/mol. The second-order valence-electron chi connectivity index (χ2n) is 5.78. The standard InChI is InChI=1S/C17H22N2O3/c1-4-13-14-9-12(22-10-16(18)20)5-6-15(14)19(17(13)21)8-7-11(2)3/h4-6,9,11H,7-8,10H2,1-3H3,(H2,18,20)/b13-4+. The number of carbonyl (C=O) groups is 2. The van der Waals surface area contributed by atoms with Gasteiger partial charge in [-0.15, -0.1) is 0 Å². The van der Waals surface area contributed by atoms with Crippen LogP contribution in [0.1, 0.15) is 32.8 Å².